The average Bonchev–Trinajstić information content (AvgIpc) is 2.78. The first-order valence-electron chi connectivity index (χ1n) is 10.3. The predicted molar refractivity (Wildman–Crippen MR) is 137 cm³/mol. The molecule has 0 bridgehead atoms. The van der Waals surface area contributed by atoms with Gasteiger partial charge in [-0.05, 0) is 54.4 Å². The van der Waals surface area contributed by atoms with Gasteiger partial charge in [0.15, 0.2) is 0 Å². The third kappa shape index (κ3) is 6.41. The Labute approximate surface area is 194 Å². The van der Waals surface area contributed by atoms with E-state index >= 15 is 0 Å². The third-order valence-corrected chi connectivity index (χ3v) is 5.91. The maximum Gasteiger partial charge on any atom is 0.295 e. The Morgan fingerprint density at radius 2 is 1.52 bits per heavy atom. The number of nitrogens with zero attached hydrogens (tertiary/aromatic N) is 2. The molecule has 0 aliphatic carbocycles. The number of anilines is 2. The summed E-state index contributed by atoms with van der Waals surface area (Å²) in [6.07, 6.45) is 6.07. The second-order valence-corrected chi connectivity index (χ2v) is 9.11. The van der Waals surface area contributed by atoms with Crippen LogP contribution in [0.2, 0.25) is 0 Å². The van der Waals surface area contributed by atoms with Crippen molar-refractivity contribution in [2.45, 2.75) is 11.8 Å². The smallest absolute Gasteiger partial charge is 0.295 e. The lowest BCUT2D eigenvalue weighted by Gasteiger charge is -2.11. The van der Waals surface area contributed by atoms with E-state index in [1.54, 1.807) is 24.3 Å². The van der Waals surface area contributed by atoms with Crippen LogP contribution in [0.5, 0.6) is 0 Å². The first kappa shape index (κ1) is 24.0. The van der Waals surface area contributed by atoms with Crippen LogP contribution in [-0.4, -0.2) is 32.0 Å². The maximum absolute atomic E-state index is 11.1. The average molecular weight is 462 g/mol. The Balaban J connectivity index is 0.000000189. The Hall–Kier alpha value is -3.68. The minimum atomic E-state index is -4.20. The van der Waals surface area contributed by atoms with Crippen molar-refractivity contribution in [2.24, 2.45) is 0 Å². The molecule has 0 radical (unpaired) electrons. The first-order chi connectivity index (χ1) is 15.6. The molecule has 3 N–H and O–H groups in total. The van der Waals surface area contributed by atoms with Gasteiger partial charge in [-0.1, -0.05) is 48.6 Å². The van der Waals surface area contributed by atoms with Gasteiger partial charge in [0.25, 0.3) is 10.1 Å². The van der Waals surface area contributed by atoms with Crippen LogP contribution in [0, 0.1) is 6.92 Å². The van der Waals surface area contributed by atoms with E-state index in [0.29, 0.717) is 16.5 Å². The van der Waals surface area contributed by atoms with Gasteiger partial charge in [-0.25, -0.2) is 0 Å². The highest BCUT2D eigenvalue weighted by molar-refractivity contribution is 7.86. The molecule has 0 saturated carbocycles. The number of pyridine rings is 1. The van der Waals surface area contributed by atoms with E-state index in [-0.39, 0.29) is 4.90 Å². The third-order valence-electron chi connectivity index (χ3n) is 4.99. The molecule has 0 fully saturated rings. The monoisotopic (exact) mass is 461 g/mol. The van der Waals surface area contributed by atoms with E-state index in [0.717, 1.165) is 5.69 Å². The molecule has 0 unspecified atom stereocenters. The molecular weight excluding hydrogens is 434 g/mol. The summed E-state index contributed by atoms with van der Waals surface area (Å²) in [5.41, 5.74) is 10.8. The lowest BCUT2D eigenvalue weighted by Crippen LogP contribution is -2.07. The van der Waals surface area contributed by atoms with Crippen molar-refractivity contribution in [3.05, 3.63) is 95.8 Å². The van der Waals surface area contributed by atoms with Crippen LogP contribution in [0.25, 0.3) is 22.9 Å². The van der Waals surface area contributed by atoms with E-state index in [9.17, 15) is 8.42 Å². The molecule has 0 saturated heterocycles. The number of nitrogen functional groups attached to an aromatic ring is 1. The number of aromatic nitrogens is 1. The Bertz CT molecular complexity index is 1380. The largest absolute Gasteiger partial charge is 0.398 e. The van der Waals surface area contributed by atoms with Crippen molar-refractivity contribution < 1.29 is 13.0 Å². The summed E-state index contributed by atoms with van der Waals surface area (Å²) in [6.45, 7) is 2.00. The summed E-state index contributed by atoms with van der Waals surface area (Å²) >= 11 is 0. The highest BCUT2D eigenvalue weighted by Crippen LogP contribution is 2.27. The van der Waals surface area contributed by atoms with E-state index in [1.165, 1.54) is 28.9 Å². The number of aryl methyl sites for hydroxylation is 1. The van der Waals surface area contributed by atoms with Crippen LogP contribution in [-0.2, 0) is 10.1 Å². The van der Waals surface area contributed by atoms with Crippen LogP contribution >= 0.6 is 0 Å². The van der Waals surface area contributed by atoms with Crippen LogP contribution in [0.1, 0.15) is 16.8 Å². The van der Waals surface area contributed by atoms with Crippen molar-refractivity contribution in [3.63, 3.8) is 0 Å². The van der Waals surface area contributed by atoms with Gasteiger partial charge in [0.1, 0.15) is 4.90 Å². The molecule has 1 aromatic heterocycles. The highest BCUT2D eigenvalue weighted by Gasteiger charge is 2.14. The molecule has 1 heterocycles. The highest BCUT2D eigenvalue weighted by atomic mass is 32.2. The number of benzene rings is 3. The Morgan fingerprint density at radius 1 is 0.879 bits per heavy atom. The molecule has 3 aromatic carbocycles. The minimum absolute atomic E-state index is 0.118. The summed E-state index contributed by atoms with van der Waals surface area (Å²) in [5, 5.41) is 1.05. The zero-order chi connectivity index (χ0) is 24.0. The Kier molecular flexibility index (Phi) is 7.48. The standard InChI is InChI=1S/C16H18N2.C10H9NO3S/c1-13-12-15(10-11-17-13)5-4-14-6-8-16(9-7-14)18(2)3;11-9-5-6-10(15(12,13)14)8-4-2-1-3-7(8)9/h4-12H,1-3H3;1-6H,11H2,(H,12,13,14). The molecule has 33 heavy (non-hydrogen) atoms. The van der Waals surface area contributed by atoms with Crippen LogP contribution in [0.3, 0.4) is 0 Å². The van der Waals surface area contributed by atoms with Crippen LogP contribution < -0.4 is 10.6 Å². The lowest BCUT2D eigenvalue weighted by atomic mass is 10.1. The molecule has 0 amide bonds. The van der Waals surface area contributed by atoms with Gasteiger partial charge in [0.2, 0.25) is 0 Å². The van der Waals surface area contributed by atoms with Crippen molar-refractivity contribution in [1.82, 2.24) is 4.98 Å². The molecular formula is C26H27N3O3S. The van der Waals surface area contributed by atoms with Gasteiger partial charge in [-0.15, -0.1) is 0 Å². The summed E-state index contributed by atoms with van der Waals surface area (Å²) < 4.78 is 31.2. The molecule has 7 heteroatoms. The topological polar surface area (TPSA) is 96.5 Å². The molecule has 170 valence electrons. The fraction of sp³-hybridized carbons (Fsp3) is 0.115. The number of fused-ring (bicyclic) bond motifs is 1. The normalized spacial score (nSPS) is 11.3. The summed E-state index contributed by atoms with van der Waals surface area (Å²) in [4.78, 5) is 6.17. The van der Waals surface area contributed by atoms with E-state index in [4.69, 9.17) is 10.3 Å². The second kappa shape index (κ2) is 10.3. The van der Waals surface area contributed by atoms with Gasteiger partial charge >= 0.3 is 0 Å². The summed E-state index contributed by atoms with van der Waals surface area (Å²) in [7, 11) is -0.109. The van der Waals surface area contributed by atoms with Crippen molar-refractivity contribution >= 4 is 44.4 Å². The Morgan fingerprint density at radius 3 is 2.12 bits per heavy atom. The molecule has 0 aliphatic rings. The van der Waals surface area contributed by atoms with E-state index in [1.807, 2.05) is 33.3 Å². The summed E-state index contributed by atoms with van der Waals surface area (Å²) in [6, 6.07) is 22.1. The number of hydrogen-bond donors (Lipinski definition) is 2. The molecule has 0 aliphatic heterocycles. The van der Waals surface area contributed by atoms with Crippen LogP contribution in [0.4, 0.5) is 11.4 Å². The molecule has 4 rings (SSSR count). The van der Waals surface area contributed by atoms with Gasteiger partial charge in [0.05, 0.1) is 0 Å². The zero-order valence-corrected chi connectivity index (χ0v) is 19.6. The quantitative estimate of drug-likeness (QED) is 0.316. The van der Waals surface area contributed by atoms with Gasteiger partial charge in [0, 0.05) is 48.1 Å². The molecule has 0 atom stereocenters. The number of rotatable bonds is 4. The maximum atomic E-state index is 11.1. The molecule has 4 aromatic rings. The van der Waals surface area contributed by atoms with Crippen molar-refractivity contribution in [1.29, 1.82) is 0 Å². The minimum Gasteiger partial charge on any atom is -0.398 e. The van der Waals surface area contributed by atoms with Gasteiger partial charge in [-0.2, -0.15) is 8.42 Å². The van der Waals surface area contributed by atoms with Crippen molar-refractivity contribution in [2.75, 3.05) is 24.7 Å². The van der Waals surface area contributed by atoms with E-state index in [2.05, 4.69) is 52.4 Å². The fourth-order valence-corrected chi connectivity index (χ4v) is 3.96. The molecule has 6 nitrogen and oxygen atoms in total. The fourth-order valence-electron chi connectivity index (χ4n) is 3.27. The molecule has 0 spiro atoms. The van der Waals surface area contributed by atoms with Crippen LogP contribution in [0.15, 0.2) is 83.9 Å². The van der Waals surface area contributed by atoms with Gasteiger partial charge < -0.3 is 10.6 Å². The first-order valence-corrected chi connectivity index (χ1v) is 11.7. The second-order valence-electron chi connectivity index (χ2n) is 7.72. The number of hydrogen-bond acceptors (Lipinski definition) is 5. The predicted octanol–water partition coefficient (Wildman–Crippen LogP) is 5.30. The SMILES string of the molecule is Cc1cc(C=Cc2ccc(N(C)C)cc2)ccn1.Nc1ccc(S(=O)(=O)O)c2ccccc12. The lowest BCUT2D eigenvalue weighted by molar-refractivity contribution is 0.484. The van der Waals surface area contributed by atoms with Crippen molar-refractivity contribution in [3.8, 4) is 0 Å². The number of nitrogens with two attached hydrogens (primary N) is 1. The van der Waals surface area contributed by atoms with E-state index < -0.39 is 10.1 Å². The zero-order valence-electron chi connectivity index (χ0n) is 18.8. The summed E-state index contributed by atoms with van der Waals surface area (Å²) in [5.74, 6) is 0. The van der Waals surface area contributed by atoms with Gasteiger partial charge in [-0.3, -0.25) is 9.54 Å².